The highest BCUT2D eigenvalue weighted by Gasteiger charge is 2.32. The zero-order chi connectivity index (χ0) is 23.4. The molecule has 1 aliphatic carbocycles. The highest BCUT2D eigenvalue weighted by atomic mass is 32.1. The quantitative estimate of drug-likeness (QED) is 0.328. The first kappa shape index (κ1) is 21.0. The Morgan fingerprint density at radius 2 is 1.88 bits per heavy atom. The topological polar surface area (TPSA) is 101 Å². The Hall–Kier alpha value is -3.56. The number of nitrogens with zero attached hydrogens (tertiary/aromatic N) is 3. The van der Waals surface area contributed by atoms with Crippen LogP contribution in [-0.2, 0) is 6.54 Å². The second kappa shape index (κ2) is 8.03. The van der Waals surface area contributed by atoms with Crippen LogP contribution in [0.15, 0.2) is 53.3 Å². The molecule has 0 bridgehead atoms. The molecule has 0 aliphatic heterocycles. The van der Waals surface area contributed by atoms with Gasteiger partial charge < -0.3 is 9.67 Å². The molecule has 9 heteroatoms. The van der Waals surface area contributed by atoms with Gasteiger partial charge in [-0.1, -0.05) is 48.5 Å². The monoisotopic (exact) mass is 488 g/mol. The zero-order valence-electron chi connectivity index (χ0n) is 18.2. The number of nitrogens with one attached hydrogen (secondary N) is 1. The van der Waals surface area contributed by atoms with Gasteiger partial charge in [-0.15, -0.1) is 11.3 Å². The zero-order valence-corrected chi connectivity index (χ0v) is 19.9. The average Bonchev–Trinajstić information content (AvgIpc) is 3.35. The normalized spacial score (nSPS) is 13.6. The van der Waals surface area contributed by atoms with Crippen molar-refractivity contribution in [3.05, 3.63) is 79.3 Å². The summed E-state index contributed by atoms with van der Waals surface area (Å²) in [4.78, 5) is 32.3. The smallest absolute Gasteiger partial charge is 0.348 e. The number of H-pyrrole nitrogens is 1. The number of thiophene rings is 1. The van der Waals surface area contributed by atoms with Crippen LogP contribution in [0.1, 0.15) is 44.7 Å². The predicted octanol–water partition coefficient (Wildman–Crippen LogP) is 5.51. The van der Waals surface area contributed by atoms with Crippen LogP contribution in [0.2, 0.25) is 0 Å². The third-order valence-corrected chi connectivity index (χ3v) is 7.78. The minimum absolute atomic E-state index is 0.178. The second-order valence-corrected chi connectivity index (χ2v) is 10.5. The molecule has 2 aromatic carbocycles. The van der Waals surface area contributed by atoms with E-state index in [0.717, 1.165) is 68.4 Å². The first-order chi connectivity index (χ1) is 16.5. The summed E-state index contributed by atoms with van der Waals surface area (Å²) in [5, 5.41) is 9.78. The van der Waals surface area contributed by atoms with E-state index in [0.29, 0.717) is 23.2 Å². The molecule has 7 nitrogen and oxygen atoms in total. The van der Waals surface area contributed by atoms with Gasteiger partial charge in [0.25, 0.3) is 0 Å². The minimum atomic E-state index is -0.904. The van der Waals surface area contributed by atoms with E-state index in [1.807, 2.05) is 31.2 Å². The Labute approximate surface area is 202 Å². The van der Waals surface area contributed by atoms with Crippen LogP contribution in [0.3, 0.4) is 0 Å². The summed E-state index contributed by atoms with van der Waals surface area (Å²) in [6.45, 7) is 2.51. The van der Waals surface area contributed by atoms with Crippen LogP contribution in [0, 0.1) is 6.92 Å². The van der Waals surface area contributed by atoms with Gasteiger partial charge in [-0.25, -0.2) is 9.78 Å². The number of fused-ring (bicyclic) bond motifs is 1. The van der Waals surface area contributed by atoms with Gasteiger partial charge in [-0.2, -0.15) is 4.37 Å². The Morgan fingerprint density at radius 3 is 2.53 bits per heavy atom. The summed E-state index contributed by atoms with van der Waals surface area (Å²) in [7, 11) is 0. The average molecular weight is 489 g/mol. The van der Waals surface area contributed by atoms with E-state index < -0.39 is 5.97 Å². The highest BCUT2D eigenvalue weighted by molar-refractivity contribution is 7.15. The number of imidazole rings is 1. The van der Waals surface area contributed by atoms with Crippen molar-refractivity contribution in [1.29, 1.82) is 0 Å². The number of aromatic nitrogens is 4. The molecule has 0 amide bonds. The SMILES string of the molecule is Cc1sc(C(=O)O)c2c1nc(C1CC1)n2Cc1ccc(-c2ccccc2-c2nsc(=O)[nH]2)cc1. The van der Waals surface area contributed by atoms with E-state index in [9.17, 15) is 14.7 Å². The summed E-state index contributed by atoms with van der Waals surface area (Å²) >= 11 is 2.21. The summed E-state index contributed by atoms with van der Waals surface area (Å²) < 4.78 is 6.34. The maximum Gasteiger partial charge on any atom is 0.348 e. The Bertz CT molecular complexity index is 1600. The fourth-order valence-corrected chi connectivity index (χ4v) is 5.81. The lowest BCUT2D eigenvalue weighted by Crippen LogP contribution is -2.06. The van der Waals surface area contributed by atoms with Crippen molar-refractivity contribution in [3.8, 4) is 22.5 Å². The van der Waals surface area contributed by atoms with Crippen molar-refractivity contribution in [3.63, 3.8) is 0 Å². The van der Waals surface area contributed by atoms with E-state index in [1.165, 1.54) is 11.3 Å². The molecule has 0 unspecified atom stereocenters. The van der Waals surface area contributed by atoms with Crippen LogP contribution < -0.4 is 4.87 Å². The molecule has 3 aromatic heterocycles. The van der Waals surface area contributed by atoms with Gasteiger partial charge >= 0.3 is 10.8 Å². The Kier molecular flexibility index (Phi) is 4.96. The van der Waals surface area contributed by atoms with Gasteiger partial charge in [0.05, 0.1) is 5.52 Å². The van der Waals surface area contributed by atoms with Crippen molar-refractivity contribution in [2.75, 3.05) is 0 Å². The number of aromatic amines is 1. The van der Waals surface area contributed by atoms with Crippen LogP contribution in [0.25, 0.3) is 33.5 Å². The molecule has 1 fully saturated rings. The van der Waals surface area contributed by atoms with E-state index in [-0.39, 0.29) is 4.87 Å². The lowest BCUT2D eigenvalue weighted by Gasteiger charge is -2.11. The number of hydrogen-bond donors (Lipinski definition) is 2. The first-order valence-corrected chi connectivity index (χ1v) is 12.6. The largest absolute Gasteiger partial charge is 0.477 e. The summed E-state index contributed by atoms with van der Waals surface area (Å²) in [6.07, 6.45) is 2.19. The van der Waals surface area contributed by atoms with Crippen molar-refractivity contribution >= 4 is 39.9 Å². The van der Waals surface area contributed by atoms with Gasteiger partial charge in [-0.05, 0) is 36.5 Å². The molecule has 0 spiro atoms. The van der Waals surface area contributed by atoms with E-state index in [1.54, 1.807) is 0 Å². The van der Waals surface area contributed by atoms with Gasteiger partial charge in [0.15, 0.2) is 5.82 Å². The maximum atomic E-state index is 11.9. The van der Waals surface area contributed by atoms with Crippen LogP contribution >= 0.6 is 22.9 Å². The van der Waals surface area contributed by atoms with Crippen molar-refractivity contribution in [1.82, 2.24) is 18.9 Å². The van der Waals surface area contributed by atoms with Crippen LogP contribution in [0.4, 0.5) is 0 Å². The van der Waals surface area contributed by atoms with Crippen LogP contribution in [0.5, 0.6) is 0 Å². The molecule has 1 aliphatic rings. The number of benzene rings is 2. The maximum absolute atomic E-state index is 11.9. The third kappa shape index (κ3) is 3.57. The van der Waals surface area contributed by atoms with Gasteiger partial charge in [0, 0.05) is 34.4 Å². The number of rotatable bonds is 6. The molecule has 34 heavy (non-hydrogen) atoms. The molecule has 0 radical (unpaired) electrons. The molecule has 1 saturated carbocycles. The number of carbonyl (C=O) groups is 1. The third-order valence-electron chi connectivity index (χ3n) is 6.17. The van der Waals surface area contributed by atoms with Crippen molar-refractivity contribution in [2.24, 2.45) is 0 Å². The molecule has 0 saturated heterocycles. The van der Waals surface area contributed by atoms with E-state index in [2.05, 4.69) is 38.2 Å². The van der Waals surface area contributed by atoms with Crippen molar-refractivity contribution in [2.45, 2.75) is 32.2 Å². The molecule has 5 aromatic rings. The van der Waals surface area contributed by atoms with Crippen LogP contribution in [-0.4, -0.2) is 30.0 Å². The summed E-state index contributed by atoms with van der Waals surface area (Å²) in [6, 6.07) is 16.1. The molecule has 0 atom stereocenters. The highest BCUT2D eigenvalue weighted by Crippen LogP contribution is 2.43. The Balaban J connectivity index is 1.38. The predicted molar refractivity (Wildman–Crippen MR) is 134 cm³/mol. The number of aryl methyl sites for hydroxylation is 1. The number of carboxylic acids is 1. The fourth-order valence-electron chi connectivity index (χ4n) is 4.41. The molecule has 170 valence electrons. The number of aromatic carboxylic acids is 1. The van der Waals surface area contributed by atoms with E-state index in [4.69, 9.17) is 4.98 Å². The standard InChI is InChI=1S/C25H20N4O3S2/c1-13-19-20(21(33-13)24(30)31)29(23(26-19)16-10-11-16)12-14-6-8-15(9-7-14)17-4-2-3-5-18(17)22-27-25(32)34-28-22/h2-9,16H,10-12H2,1H3,(H,30,31)(H,27,28,32). The van der Waals surface area contributed by atoms with Gasteiger partial charge in [0.2, 0.25) is 0 Å². The molecular formula is C25H20N4O3S2. The summed E-state index contributed by atoms with van der Waals surface area (Å²) in [5.41, 5.74) is 5.50. The molecule has 6 rings (SSSR count). The lowest BCUT2D eigenvalue weighted by molar-refractivity contribution is 0.0703. The van der Waals surface area contributed by atoms with E-state index >= 15 is 0 Å². The van der Waals surface area contributed by atoms with Gasteiger partial charge in [-0.3, -0.25) is 9.78 Å². The first-order valence-electron chi connectivity index (χ1n) is 11.0. The molecule has 3 heterocycles. The minimum Gasteiger partial charge on any atom is -0.477 e. The fraction of sp³-hybridized carbons (Fsp3) is 0.200. The lowest BCUT2D eigenvalue weighted by atomic mass is 9.98. The number of carboxylic acid groups (broad SMARTS) is 1. The number of hydrogen-bond acceptors (Lipinski definition) is 6. The summed E-state index contributed by atoms with van der Waals surface area (Å²) in [5.74, 6) is 1.06. The molecule has 2 N–H and O–H groups in total. The van der Waals surface area contributed by atoms with Gasteiger partial charge in [0.1, 0.15) is 16.2 Å². The van der Waals surface area contributed by atoms with Crippen molar-refractivity contribution < 1.29 is 9.90 Å². The second-order valence-electron chi connectivity index (χ2n) is 8.51. The molecular weight excluding hydrogens is 468 g/mol. The Morgan fingerprint density at radius 1 is 1.15 bits per heavy atom.